The molecule has 2 aliphatic rings. The van der Waals surface area contributed by atoms with Gasteiger partial charge >= 0.3 is 0 Å². The van der Waals surface area contributed by atoms with E-state index in [0.717, 1.165) is 144 Å². The molecule has 630 valence electrons. The van der Waals surface area contributed by atoms with Crippen molar-refractivity contribution in [3.63, 3.8) is 0 Å². The molecule has 0 saturated heterocycles. The summed E-state index contributed by atoms with van der Waals surface area (Å²) in [6.07, 6.45) is 22.3. The highest BCUT2D eigenvalue weighted by molar-refractivity contribution is 7.99. The summed E-state index contributed by atoms with van der Waals surface area (Å²) in [4.78, 5) is 2.22. The molecule has 15 heteroatoms. The molecule has 1 unspecified atom stereocenters. The van der Waals surface area contributed by atoms with Gasteiger partial charge in [0.2, 0.25) is 0 Å². The summed E-state index contributed by atoms with van der Waals surface area (Å²) in [5, 5.41) is 1.21. The number of halogens is 2. The zero-order valence-electron chi connectivity index (χ0n) is 71.6. The molecule has 2 aliphatic carbocycles. The molecule has 10 aromatic rings. The van der Waals surface area contributed by atoms with Crippen molar-refractivity contribution in [2.24, 2.45) is 11.8 Å². The van der Waals surface area contributed by atoms with Gasteiger partial charge in [0, 0.05) is 54.9 Å². The first kappa shape index (κ1) is 95.4. The van der Waals surface area contributed by atoms with Crippen molar-refractivity contribution in [3.8, 4) is 57.5 Å². The third-order valence-electron chi connectivity index (χ3n) is 19.8. The van der Waals surface area contributed by atoms with Crippen molar-refractivity contribution in [1.82, 2.24) is 0 Å². The van der Waals surface area contributed by atoms with E-state index in [-0.39, 0.29) is 0 Å². The minimum atomic E-state index is -0.882. The lowest BCUT2D eigenvalue weighted by Gasteiger charge is -2.21. The van der Waals surface area contributed by atoms with Crippen LogP contribution in [0.4, 0.5) is 0 Å². The summed E-state index contributed by atoms with van der Waals surface area (Å²) >= 11 is 14.1. The maximum atomic E-state index is 12.0. The van der Waals surface area contributed by atoms with Gasteiger partial charge in [-0.2, -0.15) is 0 Å². The molecule has 0 radical (unpaired) electrons. The smallest absolute Gasteiger partial charge is 0.125 e. The standard InChI is InChI=1S/C19H24O.C18H22O2.C17H20O3.C16H16Cl2O2.C16H24O2S.C16H24OS/c1-4-5-10-17-11-7-12-18(13-17)20-14-19-15(2)8-6-9-16(19)3;1-4-11-19-16-9-6-10-17(12-16)20-13-18-14(2)7-5-8-15(18)3;1-3-11-19-15-8-6-9-16(12-15)20-13-14-7-4-5-10-17(14)18-2;1-2-9-19-12-5-3-6-13(10-12)20-11-14-15(17)7-4-8-16(14)18;1-2-11-19(17)16-10-6-9-15(12-16)18-13-14-7-4-3-5-8-14;1-2-11-18-16-10-6-9-15(12-16)17-13-14-7-4-3-5-8-14/h6-9,11-13H,4-5,10,14H2,1-3H3;5-10,12H,4,11,13H2,1-3H3;4-10,12H,3,11,13H2,1-2H3;3-8,10H,2,9,11H2,1H3;6,9-10,12,14H,2-5,7-8,11,13H2,1H3;6,9-10,12,14H,2-5,7-8,11,13H2,1H3. The lowest BCUT2D eigenvalue weighted by atomic mass is 9.90. The zero-order valence-corrected chi connectivity index (χ0v) is 74.7. The van der Waals surface area contributed by atoms with Crippen molar-refractivity contribution in [2.45, 2.75) is 221 Å². The fraction of sp³-hybridized carbons (Fsp3) is 0.412. The van der Waals surface area contributed by atoms with Crippen LogP contribution in [-0.4, -0.2) is 55.9 Å². The molecule has 0 aliphatic heterocycles. The monoisotopic (exact) mass is 1660 g/mol. The number of methoxy groups -OCH3 is 1. The summed E-state index contributed by atoms with van der Waals surface area (Å²) in [5.74, 6) is 12.0. The number of hydrogen-bond donors (Lipinski definition) is 0. The lowest BCUT2D eigenvalue weighted by Crippen LogP contribution is -2.15. The normalized spacial score (nSPS) is 12.6. The van der Waals surface area contributed by atoms with Gasteiger partial charge in [-0.1, -0.05) is 213 Å². The van der Waals surface area contributed by atoms with Crippen molar-refractivity contribution in [2.75, 3.05) is 51.6 Å². The molecule has 0 N–H and O–H groups in total. The number of ether oxygens (including phenoxy) is 10. The van der Waals surface area contributed by atoms with E-state index in [9.17, 15) is 4.21 Å². The Hall–Kier alpha value is -8.72. The molecule has 12 rings (SSSR count). The van der Waals surface area contributed by atoms with Crippen LogP contribution in [0.2, 0.25) is 10.0 Å². The van der Waals surface area contributed by atoms with Crippen molar-refractivity contribution >= 4 is 45.8 Å². The van der Waals surface area contributed by atoms with Crippen LogP contribution in [0.25, 0.3) is 0 Å². The van der Waals surface area contributed by atoms with Crippen LogP contribution in [0.3, 0.4) is 0 Å². The highest BCUT2D eigenvalue weighted by Crippen LogP contribution is 2.32. The molecule has 10 aromatic carbocycles. The molecule has 117 heavy (non-hydrogen) atoms. The summed E-state index contributed by atoms with van der Waals surface area (Å²) in [7, 11) is 0.783. The predicted octanol–water partition coefficient (Wildman–Crippen LogP) is 28.6. The average molecular weight is 1670 g/mol. The number of rotatable bonds is 37. The maximum Gasteiger partial charge on any atom is 0.125 e. The first-order chi connectivity index (χ1) is 57.1. The Bertz CT molecular complexity index is 4120. The molecule has 11 nitrogen and oxygen atoms in total. The molecule has 2 fully saturated rings. The second-order valence-electron chi connectivity index (χ2n) is 29.6. The van der Waals surface area contributed by atoms with Gasteiger partial charge in [0.25, 0.3) is 0 Å². The van der Waals surface area contributed by atoms with E-state index in [0.29, 0.717) is 49.0 Å². The molecule has 0 heterocycles. The summed E-state index contributed by atoms with van der Waals surface area (Å²) in [5.41, 5.74) is 10.9. The van der Waals surface area contributed by atoms with Gasteiger partial charge in [-0.05, 0) is 258 Å². The molecule has 2 saturated carbocycles. The number of unbranched alkanes of at least 4 members (excludes halogenated alkanes) is 1. The number of hydrogen-bond acceptors (Lipinski definition) is 12. The van der Waals surface area contributed by atoms with E-state index in [1.165, 1.54) is 133 Å². The molecular formula is C102H130Cl2O11S2. The van der Waals surface area contributed by atoms with Crippen LogP contribution in [0.15, 0.2) is 234 Å². The van der Waals surface area contributed by atoms with E-state index in [2.05, 4.69) is 148 Å². The van der Waals surface area contributed by atoms with E-state index in [4.69, 9.17) is 70.6 Å². The van der Waals surface area contributed by atoms with Gasteiger partial charge in [0.05, 0.1) is 50.9 Å². The van der Waals surface area contributed by atoms with Crippen LogP contribution in [0.1, 0.15) is 201 Å². The topological polar surface area (TPSA) is 109 Å². The van der Waals surface area contributed by atoms with Crippen molar-refractivity contribution < 1.29 is 51.6 Å². The maximum absolute atomic E-state index is 12.0. The number of thioether (sulfide) groups is 1. The molecule has 0 amide bonds. The second kappa shape index (κ2) is 56.6. The van der Waals surface area contributed by atoms with Gasteiger partial charge in [-0.3, -0.25) is 4.21 Å². The zero-order chi connectivity index (χ0) is 83.5. The van der Waals surface area contributed by atoms with Crippen LogP contribution in [0, 0.1) is 39.5 Å². The molecule has 0 aromatic heterocycles. The summed E-state index contributed by atoms with van der Waals surface area (Å²) < 4.78 is 69.3. The predicted molar refractivity (Wildman–Crippen MR) is 490 cm³/mol. The van der Waals surface area contributed by atoms with Crippen LogP contribution < -0.4 is 47.4 Å². The molecule has 0 spiro atoms. The summed E-state index contributed by atoms with van der Waals surface area (Å²) in [6, 6.07) is 73.8. The number of aryl methyl sites for hydroxylation is 5. The Kier molecular flexibility index (Phi) is 46.2. The van der Waals surface area contributed by atoms with Crippen molar-refractivity contribution in [1.29, 1.82) is 0 Å². The fourth-order valence-corrected chi connectivity index (χ4v) is 15.5. The van der Waals surface area contributed by atoms with E-state index < -0.39 is 10.8 Å². The first-order valence-electron chi connectivity index (χ1n) is 42.5. The quantitative estimate of drug-likeness (QED) is 0.0346. The first-order valence-corrected chi connectivity index (χ1v) is 45.6. The second-order valence-corrected chi connectivity index (χ2v) is 33.2. The molecule has 0 bridgehead atoms. The minimum Gasteiger partial charge on any atom is -0.496 e. The SMILES string of the molecule is CCCCc1cccc(OCc2c(C)cccc2C)c1.CCCOc1cccc(OCc2c(C)cccc2C)c1.CCCOc1cccc(OCc2c(Cl)cccc2Cl)c1.CCCOc1cccc(OCc2ccccc2OC)c1.CCCS(=O)c1cccc(OCC2CCCCC2)c1.CCCSc1cccc(OCC2CCCCC2)c1. The van der Waals surface area contributed by atoms with Gasteiger partial charge in [-0.25, -0.2) is 0 Å². The van der Waals surface area contributed by atoms with E-state index in [1.807, 2.05) is 145 Å². The fourth-order valence-electron chi connectivity index (χ4n) is 13.1. The van der Waals surface area contributed by atoms with Crippen LogP contribution in [-0.2, 0) is 43.6 Å². The number of para-hydroxylation sites is 1. The highest BCUT2D eigenvalue weighted by Gasteiger charge is 2.17. The van der Waals surface area contributed by atoms with Gasteiger partial charge in [-0.15, -0.1) is 11.8 Å². The molecular weight excluding hydrogens is 1540 g/mol. The molecule has 1 atom stereocenters. The summed E-state index contributed by atoms with van der Waals surface area (Å²) in [6.45, 7) is 27.2. The van der Waals surface area contributed by atoms with Gasteiger partial charge in [0.1, 0.15) is 83.9 Å². The lowest BCUT2D eigenvalue weighted by molar-refractivity contribution is 0.208. The Morgan fingerprint density at radius 1 is 0.368 bits per heavy atom. The minimum absolute atomic E-state index is 0.329. The van der Waals surface area contributed by atoms with Crippen LogP contribution in [0.5, 0.6) is 57.5 Å². The largest absolute Gasteiger partial charge is 0.496 e. The van der Waals surface area contributed by atoms with Gasteiger partial charge in [0.15, 0.2) is 0 Å². The third-order valence-corrected chi connectivity index (χ3v) is 23.3. The Morgan fingerprint density at radius 3 is 1.21 bits per heavy atom. The van der Waals surface area contributed by atoms with E-state index in [1.54, 1.807) is 19.2 Å². The Labute approximate surface area is 719 Å². The number of benzene rings is 10. The average Bonchev–Trinajstić information content (AvgIpc) is 0.813. The van der Waals surface area contributed by atoms with Crippen molar-refractivity contribution in [3.05, 3.63) is 285 Å². The van der Waals surface area contributed by atoms with Crippen LogP contribution >= 0.6 is 35.0 Å². The van der Waals surface area contributed by atoms with E-state index >= 15 is 0 Å². The Morgan fingerprint density at radius 2 is 0.761 bits per heavy atom. The Balaban J connectivity index is 0.000000194. The third kappa shape index (κ3) is 37.0. The van der Waals surface area contributed by atoms with Gasteiger partial charge < -0.3 is 47.4 Å². The highest BCUT2D eigenvalue weighted by atomic mass is 35.5.